The summed E-state index contributed by atoms with van der Waals surface area (Å²) in [4.78, 5) is 53.0. The van der Waals surface area contributed by atoms with Crippen LogP contribution in [0, 0.1) is 6.92 Å². The number of hydrogen-bond donors (Lipinski definition) is 2. The molecule has 342 valence electrons. The zero-order chi connectivity index (χ0) is 42.8. The molecule has 3 atom stereocenters. The van der Waals surface area contributed by atoms with Crippen molar-refractivity contribution in [2.24, 2.45) is 0 Å². The van der Waals surface area contributed by atoms with Gasteiger partial charge in [-0.05, 0) is 26.7 Å². The number of aromatic nitrogens is 2. The monoisotopic (exact) mass is 832 g/mol. The molecule has 0 radical (unpaired) electrons. The lowest BCUT2D eigenvalue weighted by Crippen LogP contribution is -2.50. The summed E-state index contributed by atoms with van der Waals surface area (Å²) < 4.78 is 19.6. The van der Waals surface area contributed by atoms with Crippen LogP contribution in [0.25, 0.3) is 0 Å². The first-order valence-electron chi connectivity index (χ1n) is 24.7. The van der Waals surface area contributed by atoms with Crippen molar-refractivity contribution in [1.29, 1.82) is 0 Å². The number of carbonyl (C=O) groups excluding carboxylic acids is 2. The molecule has 2 N–H and O–H groups in total. The molecule has 2 rings (SSSR count). The molecule has 0 saturated carbocycles. The first kappa shape index (κ1) is 52.7. The number of nitrogens with zero attached hydrogens (tertiary/aromatic N) is 1. The molecule has 0 aromatic carbocycles. The van der Waals surface area contributed by atoms with Crippen LogP contribution >= 0.6 is 0 Å². The Bertz CT molecular complexity index is 1330. The van der Waals surface area contributed by atoms with Gasteiger partial charge in [0.2, 0.25) is 0 Å². The summed E-state index contributed by atoms with van der Waals surface area (Å²) in [7, 11) is 0. The molecular formula is C49H89N3O7. The predicted octanol–water partition coefficient (Wildman–Crippen LogP) is 12.1. The lowest BCUT2D eigenvalue weighted by molar-refractivity contribution is -0.180. The zero-order valence-corrected chi connectivity index (χ0v) is 38.5. The van der Waals surface area contributed by atoms with Crippen molar-refractivity contribution in [1.82, 2.24) is 14.9 Å². The second-order valence-corrected chi connectivity index (χ2v) is 18.0. The average molecular weight is 832 g/mol. The van der Waals surface area contributed by atoms with Crippen LogP contribution in [-0.2, 0) is 23.8 Å². The van der Waals surface area contributed by atoms with E-state index in [1.807, 2.05) is 6.92 Å². The smallest absolute Gasteiger partial charge is 0.330 e. The van der Waals surface area contributed by atoms with Gasteiger partial charge in [-0.25, -0.2) is 4.79 Å². The molecule has 1 aliphatic rings. The third kappa shape index (κ3) is 26.5. The van der Waals surface area contributed by atoms with Crippen molar-refractivity contribution in [2.45, 2.75) is 258 Å². The topological polar surface area (TPSA) is 129 Å². The van der Waals surface area contributed by atoms with Crippen molar-refractivity contribution in [2.75, 3.05) is 19.7 Å². The average Bonchev–Trinajstić information content (AvgIpc) is 3.21. The number of ether oxygens (including phenoxy) is 3. The van der Waals surface area contributed by atoms with E-state index in [0.717, 1.165) is 38.5 Å². The highest BCUT2D eigenvalue weighted by Crippen LogP contribution is 2.26. The van der Waals surface area contributed by atoms with Crippen LogP contribution in [0.5, 0.6) is 0 Å². The first-order chi connectivity index (χ1) is 28.7. The van der Waals surface area contributed by atoms with Crippen molar-refractivity contribution in [3.63, 3.8) is 0 Å². The van der Waals surface area contributed by atoms with E-state index in [-0.39, 0.29) is 25.0 Å². The van der Waals surface area contributed by atoms with Gasteiger partial charge in [0.05, 0.1) is 6.10 Å². The Balaban J connectivity index is 1.73. The standard InChI is InChI=1S/C49H89N3O7/c1-5-7-9-11-13-15-17-19-21-23-25-27-29-31-33-35-45(53)57-41-49(4,37-43-38-50-39-44(58-43)52-40-42(3)47(55)51-48(52)56)59-46(54)36-34-32-30-28-26-24-22-20-18-16-14-12-10-8-6-2/h40,43-44,50H,5-39,41H2,1-4H3,(H,51,55,56)/t43-,44+,49?/m0/s1. The Kier molecular flexibility index (Phi) is 30.5. The maximum atomic E-state index is 13.2. The SMILES string of the molecule is CCCCCCCCCCCCCCCCCC(=O)OCC(C)(C[C@H]1CNC[C@H](n2cc(C)c(=O)[nH]c2=O)O1)OC(=O)CCCCCCCCCCCCCCCCC. The predicted molar refractivity (Wildman–Crippen MR) is 242 cm³/mol. The Labute approximate surface area is 359 Å². The van der Waals surface area contributed by atoms with E-state index in [1.54, 1.807) is 6.92 Å². The number of H-pyrrole nitrogens is 1. The Morgan fingerprint density at radius 2 is 1.05 bits per heavy atom. The van der Waals surface area contributed by atoms with E-state index in [9.17, 15) is 19.2 Å². The molecule has 1 aromatic rings. The van der Waals surface area contributed by atoms with Crippen LogP contribution in [-0.4, -0.2) is 52.9 Å². The molecule has 10 nitrogen and oxygen atoms in total. The molecule has 0 spiro atoms. The van der Waals surface area contributed by atoms with Gasteiger partial charge in [0.15, 0.2) is 6.23 Å². The largest absolute Gasteiger partial charge is 0.461 e. The number of aryl methyl sites for hydroxylation is 1. The lowest BCUT2D eigenvalue weighted by atomic mass is 9.97. The number of aromatic amines is 1. The molecule has 1 aromatic heterocycles. The van der Waals surface area contributed by atoms with Gasteiger partial charge in [0, 0.05) is 44.1 Å². The van der Waals surface area contributed by atoms with Gasteiger partial charge < -0.3 is 19.5 Å². The van der Waals surface area contributed by atoms with E-state index in [2.05, 4.69) is 24.1 Å². The van der Waals surface area contributed by atoms with Crippen LogP contribution in [0.2, 0.25) is 0 Å². The van der Waals surface area contributed by atoms with Gasteiger partial charge >= 0.3 is 17.6 Å². The maximum absolute atomic E-state index is 13.2. The summed E-state index contributed by atoms with van der Waals surface area (Å²) in [6.07, 6.45) is 39.3. The molecule has 10 heteroatoms. The van der Waals surface area contributed by atoms with Crippen molar-refractivity contribution in [3.8, 4) is 0 Å². The third-order valence-electron chi connectivity index (χ3n) is 12.0. The van der Waals surface area contributed by atoms with Gasteiger partial charge in [0.25, 0.3) is 5.56 Å². The van der Waals surface area contributed by atoms with Crippen LogP contribution in [0.15, 0.2) is 15.8 Å². The number of morpholine rings is 1. The van der Waals surface area contributed by atoms with E-state index in [1.165, 1.54) is 165 Å². The second-order valence-electron chi connectivity index (χ2n) is 18.0. The maximum Gasteiger partial charge on any atom is 0.330 e. The molecule has 0 aliphatic carbocycles. The summed E-state index contributed by atoms with van der Waals surface area (Å²) in [5, 5.41) is 3.32. The number of carbonyl (C=O) groups is 2. The number of esters is 2. The molecule has 0 bridgehead atoms. The number of rotatable bonds is 38. The van der Waals surface area contributed by atoms with Gasteiger partial charge in [-0.15, -0.1) is 0 Å². The Morgan fingerprint density at radius 3 is 1.49 bits per heavy atom. The quantitative estimate of drug-likeness (QED) is 0.0498. The van der Waals surface area contributed by atoms with Gasteiger partial charge in [-0.1, -0.05) is 194 Å². The minimum Gasteiger partial charge on any atom is -0.461 e. The van der Waals surface area contributed by atoms with Crippen LogP contribution in [0.3, 0.4) is 0 Å². The summed E-state index contributed by atoms with van der Waals surface area (Å²) in [6, 6.07) is 0. The Hall–Kier alpha value is -2.46. The molecule has 59 heavy (non-hydrogen) atoms. The molecule has 1 unspecified atom stereocenters. The third-order valence-corrected chi connectivity index (χ3v) is 12.0. The molecule has 1 fully saturated rings. The highest BCUT2D eigenvalue weighted by molar-refractivity contribution is 5.70. The van der Waals surface area contributed by atoms with E-state index in [0.29, 0.717) is 31.5 Å². The molecule has 1 saturated heterocycles. The minimum atomic E-state index is -1.10. The fraction of sp³-hybridized carbons (Fsp3) is 0.878. The summed E-state index contributed by atoms with van der Waals surface area (Å²) in [5.41, 5.74) is -1.66. The summed E-state index contributed by atoms with van der Waals surface area (Å²) >= 11 is 0. The van der Waals surface area contributed by atoms with Crippen LogP contribution < -0.4 is 16.6 Å². The minimum absolute atomic E-state index is 0.0581. The fourth-order valence-electron chi connectivity index (χ4n) is 8.29. The van der Waals surface area contributed by atoms with Crippen LogP contribution in [0.4, 0.5) is 0 Å². The van der Waals surface area contributed by atoms with E-state index < -0.39 is 29.2 Å². The zero-order valence-electron chi connectivity index (χ0n) is 38.5. The molecule has 1 aliphatic heterocycles. The second kappa shape index (κ2) is 34.2. The summed E-state index contributed by atoms with van der Waals surface area (Å²) in [6.45, 7) is 8.79. The highest BCUT2D eigenvalue weighted by atomic mass is 16.6. The summed E-state index contributed by atoms with van der Waals surface area (Å²) in [5.74, 6) is -0.575. The number of hydrogen-bond acceptors (Lipinski definition) is 8. The van der Waals surface area contributed by atoms with E-state index >= 15 is 0 Å². The lowest BCUT2D eigenvalue weighted by Gasteiger charge is -2.37. The van der Waals surface area contributed by atoms with Gasteiger partial charge in [-0.2, -0.15) is 0 Å². The van der Waals surface area contributed by atoms with Crippen LogP contribution in [0.1, 0.15) is 244 Å². The highest BCUT2D eigenvalue weighted by Gasteiger charge is 2.37. The normalized spacial score (nSPS) is 16.5. The molecular weight excluding hydrogens is 743 g/mol. The number of unbranched alkanes of at least 4 members (excludes halogenated alkanes) is 28. The molecule has 0 amide bonds. The fourth-order valence-corrected chi connectivity index (χ4v) is 8.29. The van der Waals surface area contributed by atoms with E-state index in [4.69, 9.17) is 14.2 Å². The van der Waals surface area contributed by atoms with Crippen molar-refractivity contribution < 1.29 is 23.8 Å². The van der Waals surface area contributed by atoms with Gasteiger partial charge in [-0.3, -0.25) is 23.9 Å². The molecule has 2 heterocycles. The van der Waals surface area contributed by atoms with Crippen molar-refractivity contribution >= 4 is 11.9 Å². The number of nitrogens with one attached hydrogen (secondary N) is 2. The Morgan fingerprint density at radius 1 is 0.644 bits per heavy atom. The van der Waals surface area contributed by atoms with Gasteiger partial charge in [0.1, 0.15) is 12.2 Å². The first-order valence-corrected chi connectivity index (χ1v) is 24.7. The van der Waals surface area contributed by atoms with Crippen molar-refractivity contribution in [3.05, 3.63) is 32.6 Å².